The lowest BCUT2D eigenvalue weighted by Crippen LogP contribution is -2.51. The van der Waals surface area contributed by atoms with E-state index >= 15 is 0 Å². The van der Waals surface area contributed by atoms with Gasteiger partial charge in [-0.3, -0.25) is 9.48 Å². The van der Waals surface area contributed by atoms with Gasteiger partial charge in [0.15, 0.2) is 5.75 Å². The summed E-state index contributed by atoms with van der Waals surface area (Å²) in [4.78, 5) is 19.2. The molecule has 1 atom stereocenters. The van der Waals surface area contributed by atoms with E-state index in [1.165, 1.54) is 0 Å². The average Bonchev–Trinajstić information content (AvgIpc) is 3.02. The maximum atomic E-state index is 12.9. The topological polar surface area (TPSA) is 80.5 Å². The molecule has 1 unspecified atom stereocenters. The molecule has 27 heavy (non-hydrogen) atoms. The largest absolute Gasteiger partial charge is 0.483 e. The fourth-order valence-corrected chi connectivity index (χ4v) is 4.00. The van der Waals surface area contributed by atoms with E-state index in [1.54, 1.807) is 16.9 Å². The number of piperidine rings is 1. The van der Waals surface area contributed by atoms with Crippen molar-refractivity contribution in [3.8, 4) is 5.75 Å². The van der Waals surface area contributed by atoms with Crippen LogP contribution in [0.4, 0.5) is 0 Å². The number of ether oxygens (including phenoxy) is 1. The second kappa shape index (κ2) is 6.64. The van der Waals surface area contributed by atoms with Gasteiger partial charge in [-0.05, 0) is 18.1 Å². The van der Waals surface area contributed by atoms with Crippen molar-refractivity contribution in [1.82, 2.24) is 19.7 Å². The van der Waals surface area contributed by atoms with Crippen molar-refractivity contribution in [3.63, 3.8) is 0 Å². The summed E-state index contributed by atoms with van der Waals surface area (Å²) in [6, 6.07) is 5.63. The van der Waals surface area contributed by atoms with Crippen LogP contribution in [0.2, 0.25) is 0 Å². The average molecular weight is 370 g/mol. The predicted octanol–water partition coefficient (Wildman–Crippen LogP) is 2.43. The second-order valence-corrected chi connectivity index (χ2v) is 7.95. The van der Waals surface area contributed by atoms with Crippen LogP contribution in [0.25, 0.3) is 0 Å². The number of amides is 1. The number of aliphatic hydroxyl groups is 1. The van der Waals surface area contributed by atoms with Gasteiger partial charge in [-0.15, -0.1) is 0 Å². The summed E-state index contributed by atoms with van der Waals surface area (Å²) >= 11 is 0. The summed E-state index contributed by atoms with van der Waals surface area (Å²) in [5.41, 5.74) is 1.60. The molecule has 2 aliphatic rings. The molecular formula is C20H26N4O3. The van der Waals surface area contributed by atoms with Crippen LogP contribution in [-0.4, -0.2) is 49.4 Å². The highest BCUT2D eigenvalue weighted by molar-refractivity contribution is 5.92. The molecule has 1 amide bonds. The molecule has 0 bridgehead atoms. The standard InChI is InChI=1S/C20H26N4O3/c1-13(2)14-5-4-6-15(21-14)19(26)24-9-7-20(8-10-24)11-16(25)18-17(27-20)12-23(3)22-18/h4-6,12-13,16,25H,7-11H2,1-3H3. The second-order valence-electron chi connectivity index (χ2n) is 7.95. The highest BCUT2D eigenvalue weighted by Crippen LogP contribution is 2.43. The van der Waals surface area contributed by atoms with Gasteiger partial charge in [0.05, 0.1) is 6.20 Å². The van der Waals surface area contributed by atoms with Crippen molar-refractivity contribution in [2.45, 2.75) is 50.7 Å². The van der Waals surface area contributed by atoms with Crippen LogP contribution in [-0.2, 0) is 7.05 Å². The molecule has 4 heterocycles. The Morgan fingerprint density at radius 1 is 1.33 bits per heavy atom. The Kier molecular flexibility index (Phi) is 4.42. The minimum atomic E-state index is -0.624. The Morgan fingerprint density at radius 2 is 2.07 bits per heavy atom. The number of aliphatic hydroxyl groups excluding tert-OH is 1. The van der Waals surface area contributed by atoms with E-state index in [0.717, 1.165) is 5.69 Å². The van der Waals surface area contributed by atoms with Crippen molar-refractivity contribution in [2.24, 2.45) is 7.05 Å². The van der Waals surface area contributed by atoms with Gasteiger partial charge in [-0.25, -0.2) is 4.98 Å². The first-order chi connectivity index (χ1) is 12.9. The molecule has 7 heteroatoms. The summed E-state index contributed by atoms with van der Waals surface area (Å²) in [7, 11) is 1.82. The third kappa shape index (κ3) is 3.32. The normalized spacial score (nSPS) is 21.2. The minimum absolute atomic E-state index is 0.0363. The number of aryl methyl sites for hydroxylation is 1. The fraction of sp³-hybridized carbons (Fsp3) is 0.550. The lowest BCUT2D eigenvalue weighted by atomic mass is 9.83. The smallest absolute Gasteiger partial charge is 0.272 e. The minimum Gasteiger partial charge on any atom is -0.483 e. The first-order valence-electron chi connectivity index (χ1n) is 9.54. The number of rotatable bonds is 2. The van der Waals surface area contributed by atoms with E-state index in [-0.39, 0.29) is 11.8 Å². The molecular weight excluding hydrogens is 344 g/mol. The van der Waals surface area contributed by atoms with Crippen LogP contribution in [0.1, 0.15) is 67.0 Å². The third-order valence-corrected chi connectivity index (χ3v) is 5.57. The molecule has 1 spiro atoms. The molecule has 144 valence electrons. The zero-order valence-corrected chi connectivity index (χ0v) is 16.1. The number of pyridine rings is 1. The first-order valence-corrected chi connectivity index (χ1v) is 9.54. The zero-order chi connectivity index (χ0) is 19.2. The van der Waals surface area contributed by atoms with Crippen LogP contribution in [0.3, 0.4) is 0 Å². The number of carbonyl (C=O) groups excluding carboxylic acids is 1. The first kappa shape index (κ1) is 18.0. The number of likely N-dealkylation sites (tertiary alicyclic amines) is 1. The quantitative estimate of drug-likeness (QED) is 0.878. The zero-order valence-electron chi connectivity index (χ0n) is 16.1. The predicted molar refractivity (Wildman–Crippen MR) is 99.6 cm³/mol. The Hall–Kier alpha value is -2.41. The maximum absolute atomic E-state index is 12.9. The maximum Gasteiger partial charge on any atom is 0.272 e. The molecule has 1 N–H and O–H groups in total. The van der Waals surface area contributed by atoms with E-state index in [2.05, 4.69) is 23.9 Å². The number of aromatic nitrogens is 3. The van der Waals surface area contributed by atoms with Crippen molar-refractivity contribution in [3.05, 3.63) is 41.5 Å². The number of hydrogen-bond donors (Lipinski definition) is 1. The molecule has 2 aromatic rings. The Balaban J connectivity index is 1.46. The fourth-order valence-electron chi connectivity index (χ4n) is 4.00. The van der Waals surface area contributed by atoms with Crippen molar-refractivity contribution >= 4 is 5.91 Å². The van der Waals surface area contributed by atoms with Gasteiger partial charge < -0.3 is 14.7 Å². The summed E-state index contributed by atoms with van der Waals surface area (Å²) < 4.78 is 7.90. The number of fused-ring (bicyclic) bond motifs is 1. The molecule has 2 aromatic heterocycles. The third-order valence-electron chi connectivity index (χ3n) is 5.57. The number of nitrogens with zero attached hydrogens (tertiary/aromatic N) is 4. The van der Waals surface area contributed by atoms with Gasteiger partial charge in [0, 0.05) is 45.1 Å². The molecule has 0 aliphatic carbocycles. The van der Waals surface area contributed by atoms with Crippen LogP contribution >= 0.6 is 0 Å². The Labute approximate surface area is 159 Å². The van der Waals surface area contributed by atoms with E-state index in [0.29, 0.717) is 49.5 Å². The van der Waals surface area contributed by atoms with Gasteiger partial charge >= 0.3 is 0 Å². The monoisotopic (exact) mass is 370 g/mol. The summed E-state index contributed by atoms with van der Waals surface area (Å²) in [6.45, 7) is 5.32. The SMILES string of the molecule is CC(C)c1cccc(C(=O)N2CCC3(CC2)CC(O)c2nn(C)cc2O3)n1. The highest BCUT2D eigenvalue weighted by atomic mass is 16.5. The van der Waals surface area contributed by atoms with Crippen LogP contribution in [0.15, 0.2) is 24.4 Å². The van der Waals surface area contributed by atoms with E-state index in [1.807, 2.05) is 24.1 Å². The highest BCUT2D eigenvalue weighted by Gasteiger charge is 2.45. The molecule has 2 aliphatic heterocycles. The summed E-state index contributed by atoms with van der Waals surface area (Å²) in [6.07, 6.45) is 3.07. The molecule has 0 saturated carbocycles. The summed E-state index contributed by atoms with van der Waals surface area (Å²) in [5.74, 6) is 0.904. The lowest BCUT2D eigenvalue weighted by molar-refractivity contribution is -0.0505. The van der Waals surface area contributed by atoms with Crippen LogP contribution in [0.5, 0.6) is 5.75 Å². The lowest BCUT2D eigenvalue weighted by Gasteiger charge is -2.44. The molecule has 1 saturated heterocycles. The van der Waals surface area contributed by atoms with Crippen LogP contribution < -0.4 is 4.74 Å². The molecule has 1 fully saturated rings. The summed E-state index contributed by atoms with van der Waals surface area (Å²) in [5, 5.41) is 14.8. The van der Waals surface area contributed by atoms with Gasteiger partial charge in [-0.2, -0.15) is 5.10 Å². The molecule has 7 nitrogen and oxygen atoms in total. The van der Waals surface area contributed by atoms with Gasteiger partial charge in [0.2, 0.25) is 0 Å². The Bertz CT molecular complexity index is 853. The van der Waals surface area contributed by atoms with Crippen molar-refractivity contribution in [2.75, 3.05) is 13.1 Å². The van der Waals surface area contributed by atoms with Gasteiger partial charge in [0.1, 0.15) is 23.1 Å². The van der Waals surface area contributed by atoms with Gasteiger partial charge in [-0.1, -0.05) is 19.9 Å². The number of hydrogen-bond acceptors (Lipinski definition) is 5. The van der Waals surface area contributed by atoms with E-state index in [4.69, 9.17) is 4.74 Å². The Morgan fingerprint density at radius 3 is 2.78 bits per heavy atom. The van der Waals surface area contributed by atoms with E-state index < -0.39 is 11.7 Å². The van der Waals surface area contributed by atoms with E-state index in [9.17, 15) is 9.90 Å². The van der Waals surface area contributed by atoms with Gasteiger partial charge in [0.25, 0.3) is 5.91 Å². The van der Waals surface area contributed by atoms with Crippen molar-refractivity contribution < 1.29 is 14.6 Å². The molecule has 0 radical (unpaired) electrons. The molecule has 0 aromatic carbocycles. The van der Waals surface area contributed by atoms with Crippen molar-refractivity contribution in [1.29, 1.82) is 0 Å². The molecule has 4 rings (SSSR count). The number of carbonyl (C=O) groups is 1. The van der Waals surface area contributed by atoms with Crippen LogP contribution in [0, 0.1) is 0 Å².